The Hall–Kier alpha value is -2.18. The van der Waals surface area contributed by atoms with Crippen LogP contribution in [0.5, 0.6) is 0 Å². The topological polar surface area (TPSA) is 57.7 Å². The monoisotopic (exact) mass is 386 g/mol. The van der Waals surface area contributed by atoms with Gasteiger partial charge in [0.15, 0.2) is 0 Å². The van der Waals surface area contributed by atoms with Crippen molar-refractivity contribution in [2.24, 2.45) is 0 Å². The number of carbonyl (C=O) groups excluding carboxylic acids is 1. The van der Waals surface area contributed by atoms with E-state index < -0.39 is 10.0 Å². The number of aryl methyl sites for hydroxylation is 1. The van der Waals surface area contributed by atoms with E-state index in [2.05, 4.69) is 0 Å². The van der Waals surface area contributed by atoms with Crippen LogP contribution < -0.4 is 0 Å². The highest BCUT2D eigenvalue weighted by Crippen LogP contribution is 2.22. The minimum Gasteiger partial charge on any atom is -0.335 e. The molecule has 0 bridgehead atoms. The Labute approximate surface area is 161 Å². The number of sulfonamides is 1. The zero-order valence-corrected chi connectivity index (χ0v) is 16.7. The van der Waals surface area contributed by atoms with Crippen molar-refractivity contribution in [3.63, 3.8) is 0 Å². The third-order valence-electron chi connectivity index (χ3n) is 5.08. The van der Waals surface area contributed by atoms with Crippen LogP contribution in [0.25, 0.3) is 0 Å². The summed E-state index contributed by atoms with van der Waals surface area (Å²) in [6.45, 7) is 6.11. The van der Waals surface area contributed by atoms with E-state index in [1.54, 1.807) is 23.1 Å². The van der Waals surface area contributed by atoms with Crippen LogP contribution in [0, 0.1) is 6.92 Å². The molecule has 1 aliphatic heterocycles. The second-order valence-corrected chi connectivity index (χ2v) is 8.82. The van der Waals surface area contributed by atoms with Crippen LogP contribution in [0.3, 0.4) is 0 Å². The second kappa shape index (κ2) is 8.23. The molecule has 0 aliphatic carbocycles. The van der Waals surface area contributed by atoms with E-state index >= 15 is 0 Å². The largest absolute Gasteiger partial charge is 0.335 e. The van der Waals surface area contributed by atoms with Crippen LogP contribution in [0.2, 0.25) is 0 Å². The van der Waals surface area contributed by atoms with Gasteiger partial charge < -0.3 is 4.90 Å². The number of nitrogens with zero attached hydrogens (tertiary/aromatic N) is 2. The molecule has 1 aliphatic rings. The SMILES string of the molecule is CCN(Cc1ccccc1C)C(=O)c1cccc(S(=O)(=O)N2CCCC2)c1. The zero-order valence-electron chi connectivity index (χ0n) is 15.9. The fraction of sp³-hybridized carbons (Fsp3) is 0.381. The standard InChI is InChI=1S/C21H26N2O3S/c1-3-22(16-19-10-5-4-9-17(19)2)21(24)18-11-8-12-20(15-18)27(25,26)23-13-6-7-14-23/h4-5,8-12,15H,3,6-7,13-14,16H2,1-2H3. The molecule has 1 amide bonds. The average Bonchev–Trinajstić information content (AvgIpc) is 3.23. The Morgan fingerprint density at radius 1 is 1.07 bits per heavy atom. The third kappa shape index (κ3) is 4.22. The van der Waals surface area contributed by atoms with Crippen molar-refractivity contribution in [3.8, 4) is 0 Å². The lowest BCUT2D eigenvalue weighted by Gasteiger charge is -2.22. The highest BCUT2D eigenvalue weighted by atomic mass is 32.2. The average molecular weight is 387 g/mol. The Morgan fingerprint density at radius 2 is 1.78 bits per heavy atom. The molecular formula is C21H26N2O3S. The molecule has 1 fully saturated rings. The summed E-state index contributed by atoms with van der Waals surface area (Å²) in [4.78, 5) is 14.9. The number of amides is 1. The molecule has 0 N–H and O–H groups in total. The fourth-order valence-corrected chi connectivity index (χ4v) is 4.93. The number of hydrogen-bond donors (Lipinski definition) is 0. The van der Waals surface area contributed by atoms with Crippen LogP contribution >= 0.6 is 0 Å². The van der Waals surface area contributed by atoms with Gasteiger partial charge in [-0.15, -0.1) is 0 Å². The minimum absolute atomic E-state index is 0.153. The molecule has 0 unspecified atom stereocenters. The van der Waals surface area contributed by atoms with Crippen molar-refractivity contribution in [1.82, 2.24) is 9.21 Å². The van der Waals surface area contributed by atoms with E-state index in [-0.39, 0.29) is 10.8 Å². The van der Waals surface area contributed by atoms with E-state index in [1.165, 1.54) is 10.4 Å². The van der Waals surface area contributed by atoms with E-state index in [9.17, 15) is 13.2 Å². The van der Waals surface area contributed by atoms with Gasteiger partial charge in [-0.1, -0.05) is 30.3 Å². The van der Waals surface area contributed by atoms with Crippen molar-refractivity contribution in [2.45, 2.75) is 38.1 Å². The lowest BCUT2D eigenvalue weighted by Crippen LogP contribution is -2.31. The minimum atomic E-state index is -3.53. The van der Waals surface area contributed by atoms with Gasteiger partial charge >= 0.3 is 0 Å². The maximum Gasteiger partial charge on any atom is 0.254 e. The Bertz CT molecular complexity index is 919. The maximum absolute atomic E-state index is 13.0. The van der Waals surface area contributed by atoms with Crippen molar-refractivity contribution >= 4 is 15.9 Å². The van der Waals surface area contributed by atoms with Crippen LogP contribution in [0.4, 0.5) is 0 Å². The number of hydrogen-bond acceptors (Lipinski definition) is 3. The van der Waals surface area contributed by atoms with Gasteiger partial charge in [0.2, 0.25) is 10.0 Å². The van der Waals surface area contributed by atoms with Gasteiger partial charge in [-0.25, -0.2) is 8.42 Å². The van der Waals surface area contributed by atoms with E-state index in [0.29, 0.717) is 31.7 Å². The summed E-state index contributed by atoms with van der Waals surface area (Å²) in [6.07, 6.45) is 1.77. The molecule has 27 heavy (non-hydrogen) atoms. The van der Waals surface area contributed by atoms with E-state index in [0.717, 1.165) is 24.0 Å². The summed E-state index contributed by atoms with van der Waals surface area (Å²) in [5.41, 5.74) is 2.63. The molecule has 0 radical (unpaired) electrons. The summed E-state index contributed by atoms with van der Waals surface area (Å²) in [6, 6.07) is 14.4. The van der Waals surface area contributed by atoms with Crippen LogP contribution in [0.1, 0.15) is 41.3 Å². The smallest absolute Gasteiger partial charge is 0.254 e. The van der Waals surface area contributed by atoms with Gasteiger partial charge in [-0.3, -0.25) is 4.79 Å². The van der Waals surface area contributed by atoms with Crippen molar-refractivity contribution < 1.29 is 13.2 Å². The zero-order chi connectivity index (χ0) is 19.4. The van der Waals surface area contributed by atoms with Gasteiger partial charge in [-0.2, -0.15) is 4.31 Å². The van der Waals surface area contributed by atoms with E-state index in [1.807, 2.05) is 38.1 Å². The van der Waals surface area contributed by atoms with Gasteiger partial charge in [0, 0.05) is 31.7 Å². The predicted octanol–water partition coefficient (Wildman–Crippen LogP) is 3.44. The molecule has 6 heteroatoms. The molecule has 0 saturated carbocycles. The summed E-state index contributed by atoms with van der Waals surface area (Å²) in [5.74, 6) is -0.153. The molecule has 144 valence electrons. The summed E-state index contributed by atoms with van der Waals surface area (Å²) < 4.78 is 27.1. The lowest BCUT2D eigenvalue weighted by atomic mass is 10.1. The van der Waals surface area contributed by atoms with Crippen LogP contribution in [-0.4, -0.2) is 43.2 Å². The number of benzene rings is 2. The normalized spacial score (nSPS) is 15.0. The van der Waals surface area contributed by atoms with Gasteiger partial charge in [0.25, 0.3) is 5.91 Å². The highest BCUT2D eigenvalue weighted by molar-refractivity contribution is 7.89. The second-order valence-electron chi connectivity index (χ2n) is 6.88. The molecule has 0 atom stereocenters. The molecule has 2 aromatic carbocycles. The first kappa shape index (κ1) is 19.6. The quantitative estimate of drug-likeness (QED) is 0.764. The first-order valence-electron chi connectivity index (χ1n) is 9.37. The molecule has 2 aromatic rings. The van der Waals surface area contributed by atoms with Gasteiger partial charge in [-0.05, 0) is 56.0 Å². The molecule has 1 saturated heterocycles. The molecule has 0 spiro atoms. The summed E-state index contributed by atoms with van der Waals surface area (Å²) >= 11 is 0. The van der Waals surface area contributed by atoms with Crippen molar-refractivity contribution in [1.29, 1.82) is 0 Å². The number of rotatable bonds is 6. The molecular weight excluding hydrogens is 360 g/mol. The van der Waals surface area contributed by atoms with Crippen molar-refractivity contribution in [2.75, 3.05) is 19.6 Å². The molecule has 1 heterocycles. The first-order valence-corrected chi connectivity index (χ1v) is 10.8. The summed E-state index contributed by atoms with van der Waals surface area (Å²) in [5, 5.41) is 0. The van der Waals surface area contributed by atoms with Crippen LogP contribution in [-0.2, 0) is 16.6 Å². The van der Waals surface area contributed by atoms with E-state index in [4.69, 9.17) is 0 Å². The van der Waals surface area contributed by atoms with Crippen LogP contribution in [0.15, 0.2) is 53.4 Å². The predicted molar refractivity (Wildman–Crippen MR) is 106 cm³/mol. The fourth-order valence-electron chi connectivity index (χ4n) is 3.37. The lowest BCUT2D eigenvalue weighted by molar-refractivity contribution is 0.0752. The molecule has 3 rings (SSSR count). The first-order chi connectivity index (χ1) is 12.9. The molecule has 0 aromatic heterocycles. The Kier molecular flexibility index (Phi) is 5.97. The Balaban J connectivity index is 1.84. The van der Waals surface area contributed by atoms with Gasteiger partial charge in [0.1, 0.15) is 0 Å². The maximum atomic E-state index is 13.0. The molecule has 5 nitrogen and oxygen atoms in total. The van der Waals surface area contributed by atoms with Crippen molar-refractivity contribution in [3.05, 3.63) is 65.2 Å². The highest BCUT2D eigenvalue weighted by Gasteiger charge is 2.28. The summed E-state index contributed by atoms with van der Waals surface area (Å²) in [7, 11) is -3.53. The third-order valence-corrected chi connectivity index (χ3v) is 6.97. The number of carbonyl (C=O) groups is 1. The van der Waals surface area contributed by atoms with Gasteiger partial charge in [0.05, 0.1) is 4.90 Å². The Morgan fingerprint density at radius 3 is 2.44 bits per heavy atom.